The first-order chi connectivity index (χ1) is 15.5. The molecule has 1 saturated carbocycles. The molecule has 1 fully saturated rings. The van der Waals surface area contributed by atoms with Gasteiger partial charge in [-0.3, -0.25) is 4.79 Å². The van der Waals surface area contributed by atoms with E-state index in [1.165, 1.54) is 4.90 Å². The van der Waals surface area contributed by atoms with Crippen LogP contribution in [0, 0.1) is 23.4 Å². The van der Waals surface area contributed by atoms with Gasteiger partial charge in [-0.25, -0.2) is 22.8 Å². The number of aromatic nitrogens is 3. The molecule has 0 saturated heterocycles. The highest BCUT2D eigenvalue weighted by Gasteiger charge is 2.47. The number of carbonyl (C=O) groups excluding carboxylic acids is 1. The summed E-state index contributed by atoms with van der Waals surface area (Å²) in [4.78, 5) is 17.8. The lowest BCUT2D eigenvalue weighted by molar-refractivity contribution is -0.145. The smallest absolute Gasteiger partial charge is 0.390 e. The standard InChI is InChI=1S/C20H21F6N5O2/c21-12-8-14(23)13(22)6-10(12)5-11(27)7-15(32)30-3-4-31-18(16(30)17(33)9-1-2-9)28-19(29-31)20(24,25)26/h6,8-9,11,16-17,33H,1-5,7,27H2/t11-,16?,17?/m1/s1. The normalized spacial score (nSPS) is 20.5. The van der Waals surface area contributed by atoms with Crippen LogP contribution < -0.4 is 5.73 Å². The molecule has 2 aliphatic rings. The number of benzene rings is 1. The van der Waals surface area contributed by atoms with Crippen molar-refractivity contribution in [3.05, 3.63) is 46.8 Å². The molecule has 4 rings (SSSR count). The molecule has 0 spiro atoms. The maximum atomic E-state index is 13.9. The van der Waals surface area contributed by atoms with Gasteiger partial charge in [-0.05, 0) is 36.8 Å². The van der Waals surface area contributed by atoms with Gasteiger partial charge in [0.1, 0.15) is 11.9 Å². The van der Waals surface area contributed by atoms with Crippen molar-refractivity contribution in [3.8, 4) is 0 Å². The van der Waals surface area contributed by atoms with Crippen LogP contribution in [0.5, 0.6) is 0 Å². The molecule has 180 valence electrons. The van der Waals surface area contributed by atoms with Crippen molar-refractivity contribution in [2.24, 2.45) is 11.7 Å². The summed E-state index contributed by atoms with van der Waals surface area (Å²) in [5.41, 5.74) is 5.73. The number of rotatable bonds is 6. The Kier molecular flexibility index (Phi) is 6.12. The number of aliphatic hydroxyl groups is 1. The summed E-state index contributed by atoms with van der Waals surface area (Å²) < 4.78 is 80.8. The number of hydrogen-bond acceptors (Lipinski definition) is 5. The van der Waals surface area contributed by atoms with Crippen molar-refractivity contribution < 1.29 is 36.2 Å². The molecule has 0 radical (unpaired) electrons. The minimum absolute atomic E-state index is 0.0345. The van der Waals surface area contributed by atoms with E-state index >= 15 is 0 Å². The molecule has 2 unspecified atom stereocenters. The Morgan fingerprint density at radius 2 is 1.82 bits per heavy atom. The monoisotopic (exact) mass is 477 g/mol. The SMILES string of the molecule is N[C@@H](CC(=O)N1CCn2nc(C(F)(F)F)nc2C1C(O)C1CC1)Cc1cc(F)c(F)cc1F. The number of nitrogens with zero attached hydrogens (tertiary/aromatic N) is 4. The van der Waals surface area contributed by atoms with Crippen LogP contribution in [0.25, 0.3) is 0 Å². The molecule has 33 heavy (non-hydrogen) atoms. The van der Waals surface area contributed by atoms with Gasteiger partial charge in [0.15, 0.2) is 17.5 Å². The molecule has 1 amide bonds. The zero-order valence-electron chi connectivity index (χ0n) is 17.2. The van der Waals surface area contributed by atoms with Crippen LogP contribution in [-0.4, -0.2) is 49.4 Å². The van der Waals surface area contributed by atoms with Crippen LogP contribution in [0.3, 0.4) is 0 Å². The number of alkyl halides is 3. The highest BCUT2D eigenvalue weighted by atomic mass is 19.4. The van der Waals surface area contributed by atoms with Crippen molar-refractivity contribution in [1.82, 2.24) is 19.7 Å². The lowest BCUT2D eigenvalue weighted by Gasteiger charge is -2.38. The second-order valence-electron chi connectivity index (χ2n) is 8.40. The summed E-state index contributed by atoms with van der Waals surface area (Å²) in [5, 5.41) is 14.2. The van der Waals surface area contributed by atoms with Gasteiger partial charge >= 0.3 is 6.18 Å². The fourth-order valence-corrected chi connectivity index (χ4v) is 4.07. The molecule has 1 aromatic carbocycles. The van der Waals surface area contributed by atoms with Crippen LogP contribution >= 0.6 is 0 Å². The number of nitrogens with two attached hydrogens (primary N) is 1. The van der Waals surface area contributed by atoms with E-state index in [4.69, 9.17) is 5.73 Å². The van der Waals surface area contributed by atoms with Gasteiger partial charge in [-0.2, -0.15) is 13.2 Å². The molecule has 3 N–H and O–H groups in total. The van der Waals surface area contributed by atoms with Gasteiger partial charge in [0.05, 0.1) is 12.6 Å². The van der Waals surface area contributed by atoms with E-state index in [2.05, 4.69) is 10.1 Å². The summed E-state index contributed by atoms with van der Waals surface area (Å²) in [6.07, 6.45) is -5.23. The van der Waals surface area contributed by atoms with E-state index in [9.17, 15) is 36.2 Å². The molecule has 1 aliphatic heterocycles. The van der Waals surface area contributed by atoms with Gasteiger partial charge in [0.25, 0.3) is 5.82 Å². The zero-order chi connectivity index (χ0) is 24.1. The van der Waals surface area contributed by atoms with Crippen molar-refractivity contribution >= 4 is 5.91 Å². The molecule has 0 bridgehead atoms. The van der Waals surface area contributed by atoms with Gasteiger partial charge in [0, 0.05) is 25.1 Å². The molecule has 2 heterocycles. The topological polar surface area (TPSA) is 97.3 Å². The molecule has 3 atom stereocenters. The van der Waals surface area contributed by atoms with Gasteiger partial charge in [-0.1, -0.05) is 0 Å². The Morgan fingerprint density at radius 3 is 2.45 bits per heavy atom. The number of carbonyl (C=O) groups is 1. The number of fused-ring (bicyclic) bond motifs is 1. The van der Waals surface area contributed by atoms with Crippen molar-refractivity contribution in [2.45, 2.75) is 56.6 Å². The largest absolute Gasteiger partial charge is 0.453 e. The van der Waals surface area contributed by atoms with E-state index in [0.29, 0.717) is 25.0 Å². The number of halogens is 6. The predicted molar refractivity (Wildman–Crippen MR) is 101 cm³/mol. The molecule has 1 aliphatic carbocycles. The van der Waals surface area contributed by atoms with Crippen LogP contribution in [0.2, 0.25) is 0 Å². The number of aliphatic hydroxyl groups excluding tert-OH is 1. The quantitative estimate of drug-likeness (QED) is 0.492. The van der Waals surface area contributed by atoms with Crippen LogP contribution in [0.15, 0.2) is 12.1 Å². The van der Waals surface area contributed by atoms with E-state index < -0.39 is 53.5 Å². The third-order valence-corrected chi connectivity index (χ3v) is 5.86. The first-order valence-corrected chi connectivity index (χ1v) is 10.3. The lowest BCUT2D eigenvalue weighted by atomic mass is 9.99. The Morgan fingerprint density at radius 1 is 1.15 bits per heavy atom. The summed E-state index contributed by atoms with van der Waals surface area (Å²) >= 11 is 0. The Labute approximate surface area is 184 Å². The van der Waals surface area contributed by atoms with Crippen molar-refractivity contribution in [3.63, 3.8) is 0 Å². The Bertz CT molecular complexity index is 1050. The molecule has 7 nitrogen and oxygen atoms in total. The number of amides is 1. The lowest BCUT2D eigenvalue weighted by Crippen LogP contribution is -2.49. The van der Waals surface area contributed by atoms with E-state index in [-0.39, 0.29) is 43.2 Å². The fourth-order valence-electron chi connectivity index (χ4n) is 4.07. The van der Waals surface area contributed by atoms with Crippen LogP contribution in [0.4, 0.5) is 26.3 Å². The number of hydrogen-bond donors (Lipinski definition) is 2. The summed E-state index contributed by atoms with van der Waals surface area (Å²) in [7, 11) is 0. The first kappa shape index (κ1) is 23.5. The van der Waals surface area contributed by atoms with E-state index in [1.807, 2.05) is 0 Å². The first-order valence-electron chi connectivity index (χ1n) is 10.3. The third kappa shape index (κ3) is 4.83. The van der Waals surface area contributed by atoms with Gasteiger partial charge < -0.3 is 15.7 Å². The maximum Gasteiger partial charge on any atom is 0.453 e. The maximum absolute atomic E-state index is 13.9. The summed E-state index contributed by atoms with van der Waals surface area (Å²) in [6, 6.07) is -1.08. The third-order valence-electron chi connectivity index (χ3n) is 5.86. The molecule has 13 heteroatoms. The van der Waals surface area contributed by atoms with Crippen molar-refractivity contribution in [1.29, 1.82) is 0 Å². The van der Waals surface area contributed by atoms with Crippen LogP contribution in [-0.2, 0) is 23.9 Å². The summed E-state index contributed by atoms with van der Waals surface area (Å²) in [5.74, 6) is -5.91. The predicted octanol–water partition coefficient (Wildman–Crippen LogP) is 2.33. The Hall–Kier alpha value is -2.67. The van der Waals surface area contributed by atoms with Crippen molar-refractivity contribution in [2.75, 3.05) is 6.54 Å². The highest BCUT2D eigenvalue weighted by Crippen LogP contribution is 2.42. The van der Waals surface area contributed by atoms with E-state index in [1.54, 1.807) is 0 Å². The average Bonchev–Trinajstić information content (AvgIpc) is 3.47. The molecular formula is C20H21F6N5O2. The second-order valence-corrected chi connectivity index (χ2v) is 8.40. The highest BCUT2D eigenvalue weighted by molar-refractivity contribution is 5.77. The minimum Gasteiger partial charge on any atom is -0.390 e. The van der Waals surface area contributed by atoms with Gasteiger partial charge in [-0.15, -0.1) is 5.10 Å². The fraction of sp³-hybridized carbons (Fsp3) is 0.550. The molecule has 2 aromatic rings. The Balaban J connectivity index is 1.53. The molecular weight excluding hydrogens is 456 g/mol. The van der Waals surface area contributed by atoms with Crippen LogP contribution in [0.1, 0.15) is 42.5 Å². The minimum atomic E-state index is -4.79. The summed E-state index contributed by atoms with van der Waals surface area (Å²) in [6.45, 7) is -0.0989. The average molecular weight is 477 g/mol. The van der Waals surface area contributed by atoms with E-state index in [0.717, 1.165) is 4.68 Å². The van der Waals surface area contributed by atoms with Gasteiger partial charge in [0.2, 0.25) is 5.91 Å². The molecule has 1 aromatic heterocycles. The second kappa shape index (κ2) is 8.60. The zero-order valence-corrected chi connectivity index (χ0v) is 17.2.